The van der Waals surface area contributed by atoms with Gasteiger partial charge in [-0.2, -0.15) is 0 Å². The van der Waals surface area contributed by atoms with Gasteiger partial charge in [0.1, 0.15) is 11.5 Å². The number of aromatic nitrogens is 1. The minimum Gasteiger partial charge on any atom is -0.693 e. The van der Waals surface area contributed by atoms with Crippen LogP contribution in [0.1, 0.15) is 126 Å². The van der Waals surface area contributed by atoms with Crippen molar-refractivity contribution in [3.05, 3.63) is 151 Å². The Balaban J connectivity index is 0.00000280. The maximum atomic E-state index is 11.9. The quantitative estimate of drug-likeness (QED) is 0.108. The molecule has 2 atom stereocenters. The molecule has 57 heavy (non-hydrogen) atoms. The summed E-state index contributed by atoms with van der Waals surface area (Å²) in [5, 5.41) is 24.9. The standard InChI is InChI=1S/C49H60N2O2.2CH3.H2N.Zr/c1-11-26-50-42-24-18-16-20-34(42)36(44(50)38-28-32(3)30-40(46(38)52)48(5,6)7)22-14-13-15-23-37-35-21-17-19-25-43(35)51(27-12-2)45(37)39-29-33(4)31-41(47(39)53)49(8,9)10;;;;/h13-22,24-25,28-31,37,45,52-53H,11-12,23,26-27H2,1-10H3;2*1H3;1H2;/q;3*-1;+3/b15-13-,22-14+;;;;. The molecule has 5 nitrogen and oxygen atoms in total. The Morgan fingerprint density at radius 3 is 1.91 bits per heavy atom. The SMILES string of the molecule is CCCN1c2ccccc2C(C/C=C\C=C\c2c(-c3cc(C)cc(C(C)(C)C)c3O)n(CCC)c3ccccc23)C1c1cc(C)cc(C(C)(C)C)c1O.[CH3-].[CH3-].[NH2-].[Zr+3]. The van der Waals surface area contributed by atoms with Gasteiger partial charge >= 0.3 is 26.2 Å². The Morgan fingerprint density at radius 2 is 1.28 bits per heavy atom. The average molecular weight is 846 g/mol. The van der Waals surface area contributed by atoms with Crippen LogP contribution in [0.15, 0.2) is 91.0 Å². The minimum atomic E-state index is -0.196. The van der Waals surface area contributed by atoms with Gasteiger partial charge < -0.3 is 40.7 Å². The molecule has 1 aliphatic rings. The summed E-state index contributed by atoms with van der Waals surface area (Å²) in [6.07, 6.45) is 11.7. The van der Waals surface area contributed by atoms with E-state index in [4.69, 9.17) is 0 Å². The number of para-hydroxylation sites is 2. The molecule has 0 bridgehead atoms. The third kappa shape index (κ3) is 9.72. The Morgan fingerprint density at radius 1 is 0.702 bits per heavy atom. The molecule has 0 spiro atoms. The van der Waals surface area contributed by atoms with Crippen LogP contribution in [0.5, 0.6) is 11.5 Å². The van der Waals surface area contributed by atoms with E-state index < -0.39 is 0 Å². The molecule has 6 heteroatoms. The molecular weight excluding hydrogens is 778 g/mol. The molecule has 0 saturated carbocycles. The summed E-state index contributed by atoms with van der Waals surface area (Å²) in [5.74, 6) is 0.982. The van der Waals surface area contributed by atoms with Crippen molar-refractivity contribution in [2.45, 2.75) is 118 Å². The van der Waals surface area contributed by atoms with Crippen molar-refractivity contribution >= 4 is 22.7 Å². The van der Waals surface area contributed by atoms with E-state index in [1.807, 2.05) is 0 Å². The molecule has 5 aromatic rings. The largest absolute Gasteiger partial charge is 3.00 e. The zero-order valence-corrected chi connectivity index (χ0v) is 39.3. The van der Waals surface area contributed by atoms with Crippen molar-refractivity contribution in [1.82, 2.24) is 4.57 Å². The molecule has 0 aliphatic carbocycles. The molecule has 6 rings (SSSR count). The number of fused-ring (bicyclic) bond motifs is 2. The van der Waals surface area contributed by atoms with Crippen LogP contribution < -0.4 is 4.90 Å². The molecule has 2 heterocycles. The predicted octanol–water partition coefficient (Wildman–Crippen LogP) is 14.7. The van der Waals surface area contributed by atoms with Gasteiger partial charge in [-0.15, -0.1) is 0 Å². The van der Waals surface area contributed by atoms with Gasteiger partial charge in [-0.3, -0.25) is 0 Å². The fraction of sp³-hybridized carbons (Fsp3) is 0.373. The fourth-order valence-corrected chi connectivity index (χ4v) is 8.58. The van der Waals surface area contributed by atoms with Crippen molar-refractivity contribution in [3.8, 4) is 22.8 Å². The summed E-state index contributed by atoms with van der Waals surface area (Å²) < 4.78 is 2.39. The number of hydrogen-bond acceptors (Lipinski definition) is 3. The third-order valence-corrected chi connectivity index (χ3v) is 10.9. The maximum Gasteiger partial charge on any atom is 3.00 e. The molecule has 0 saturated heterocycles. The molecule has 4 aromatic carbocycles. The number of anilines is 1. The van der Waals surface area contributed by atoms with Gasteiger partial charge in [0.2, 0.25) is 0 Å². The molecule has 0 fully saturated rings. The summed E-state index contributed by atoms with van der Waals surface area (Å²) in [4.78, 5) is 2.53. The number of phenolic OH excluding ortho intramolecular Hbond substituents is 2. The van der Waals surface area contributed by atoms with Crippen LogP contribution in [0.2, 0.25) is 0 Å². The normalized spacial score (nSPS) is 15.3. The van der Waals surface area contributed by atoms with E-state index in [2.05, 4.69) is 176 Å². The van der Waals surface area contributed by atoms with Crippen molar-refractivity contribution in [3.63, 3.8) is 0 Å². The minimum absolute atomic E-state index is 0. The molecule has 1 aliphatic heterocycles. The first-order valence-corrected chi connectivity index (χ1v) is 19.7. The van der Waals surface area contributed by atoms with E-state index in [0.29, 0.717) is 11.5 Å². The summed E-state index contributed by atoms with van der Waals surface area (Å²) in [6.45, 7) is 23.5. The van der Waals surface area contributed by atoms with Crippen LogP contribution in [0, 0.1) is 28.7 Å². The van der Waals surface area contributed by atoms with Crippen molar-refractivity contribution in [2.24, 2.45) is 0 Å². The summed E-state index contributed by atoms with van der Waals surface area (Å²) >= 11 is 0. The van der Waals surface area contributed by atoms with E-state index >= 15 is 0 Å². The van der Waals surface area contributed by atoms with Crippen LogP contribution in [0.4, 0.5) is 5.69 Å². The summed E-state index contributed by atoms with van der Waals surface area (Å²) in [7, 11) is 0. The molecule has 2 unspecified atom stereocenters. The molecular formula is C51H68N3O2Zr. The van der Waals surface area contributed by atoms with Crippen LogP contribution in [-0.2, 0) is 43.6 Å². The molecule has 303 valence electrons. The van der Waals surface area contributed by atoms with E-state index in [-0.39, 0.29) is 70.0 Å². The number of nitrogens with zero attached hydrogens (tertiary/aromatic N) is 2. The van der Waals surface area contributed by atoms with Crippen LogP contribution >= 0.6 is 0 Å². The van der Waals surface area contributed by atoms with Gasteiger partial charge in [0.25, 0.3) is 0 Å². The number of aryl methyl sites for hydroxylation is 3. The number of allylic oxidation sites excluding steroid dienone is 3. The summed E-state index contributed by atoms with van der Waals surface area (Å²) in [5.41, 5.74) is 11.8. The van der Waals surface area contributed by atoms with Crippen LogP contribution in [-0.4, -0.2) is 21.3 Å². The van der Waals surface area contributed by atoms with E-state index in [1.54, 1.807) is 0 Å². The van der Waals surface area contributed by atoms with Crippen molar-refractivity contribution in [1.29, 1.82) is 0 Å². The molecule has 4 N–H and O–H groups in total. The Kier molecular flexibility index (Phi) is 17.1. The second kappa shape index (κ2) is 19.7. The number of hydrogen-bond donors (Lipinski definition) is 2. The third-order valence-electron chi connectivity index (χ3n) is 10.9. The van der Waals surface area contributed by atoms with Crippen molar-refractivity contribution < 1.29 is 36.4 Å². The van der Waals surface area contributed by atoms with Gasteiger partial charge in [-0.05, 0) is 78.8 Å². The zero-order valence-electron chi connectivity index (χ0n) is 36.8. The molecule has 0 amide bonds. The fourth-order valence-electron chi connectivity index (χ4n) is 8.58. The topological polar surface area (TPSA) is 82.1 Å². The number of nitrogens with two attached hydrogens (primary N) is 1. The van der Waals surface area contributed by atoms with Gasteiger partial charge in [0.15, 0.2) is 0 Å². The van der Waals surface area contributed by atoms with Crippen LogP contribution in [0.25, 0.3) is 34.4 Å². The second-order valence-corrected chi connectivity index (χ2v) is 17.2. The van der Waals surface area contributed by atoms with Gasteiger partial charge in [-0.25, -0.2) is 0 Å². The van der Waals surface area contributed by atoms with Gasteiger partial charge in [0.05, 0.1) is 11.7 Å². The molecule has 1 radical (unpaired) electrons. The number of phenols is 2. The Labute approximate surface area is 364 Å². The first-order valence-electron chi connectivity index (χ1n) is 19.7. The Bertz CT molecular complexity index is 2180. The summed E-state index contributed by atoms with van der Waals surface area (Å²) in [6, 6.07) is 26.1. The monoisotopic (exact) mass is 844 g/mol. The number of rotatable bonds is 10. The first kappa shape index (κ1) is 49.3. The smallest absolute Gasteiger partial charge is 0.693 e. The van der Waals surface area contributed by atoms with Crippen molar-refractivity contribution in [2.75, 3.05) is 11.4 Å². The Hall–Kier alpha value is -3.86. The van der Waals surface area contributed by atoms with E-state index in [9.17, 15) is 10.2 Å². The first-order chi connectivity index (χ1) is 25.2. The van der Waals surface area contributed by atoms with Gasteiger partial charge in [-0.1, -0.05) is 140 Å². The predicted molar refractivity (Wildman–Crippen MR) is 245 cm³/mol. The van der Waals surface area contributed by atoms with Crippen LogP contribution in [0.3, 0.4) is 0 Å². The van der Waals surface area contributed by atoms with Gasteiger partial charge in [0, 0.05) is 57.9 Å². The zero-order chi connectivity index (χ0) is 38.2. The second-order valence-electron chi connectivity index (χ2n) is 17.2. The average Bonchev–Trinajstić information content (AvgIpc) is 3.57. The van der Waals surface area contributed by atoms with E-state index in [0.717, 1.165) is 71.4 Å². The number of benzene rings is 4. The maximum absolute atomic E-state index is 11.9. The number of aromatic hydroxyl groups is 2. The molecule has 1 aromatic heterocycles. The van der Waals surface area contributed by atoms with E-state index in [1.165, 1.54) is 27.7 Å².